The second-order valence-electron chi connectivity index (χ2n) is 6.76. The van der Waals surface area contributed by atoms with Crippen molar-refractivity contribution >= 4 is 22.8 Å². The zero-order valence-corrected chi connectivity index (χ0v) is 16.3. The predicted molar refractivity (Wildman–Crippen MR) is 99.6 cm³/mol. The summed E-state index contributed by atoms with van der Waals surface area (Å²) >= 11 is 1.48. The van der Waals surface area contributed by atoms with Gasteiger partial charge in [-0.1, -0.05) is 13.8 Å². The van der Waals surface area contributed by atoms with Crippen LogP contribution in [0, 0.1) is 5.92 Å². The highest BCUT2D eigenvalue weighted by molar-refractivity contribution is 7.99. The first-order chi connectivity index (χ1) is 12.4. The predicted octanol–water partition coefficient (Wildman–Crippen LogP) is 1.08. The molecule has 0 unspecified atom stereocenters. The molecule has 2 aromatic rings. The molecular weight excluding hydrogens is 356 g/mol. The largest absolute Gasteiger partial charge is 0.350 e. The van der Waals surface area contributed by atoms with Crippen molar-refractivity contribution in [1.82, 2.24) is 19.1 Å². The van der Waals surface area contributed by atoms with Gasteiger partial charge in [0, 0.05) is 32.7 Å². The van der Waals surface area contributed by atoms with Gasteiger partial charge in [0.2, 0.25) is 0 Å². The second kappa shape index (κ2) is 7.89. The Hall–Kier alpha value is -1.71. The highest BCUT2D eigenvalue weighted by Gasteiger charge is 2.20. The van der Waals surface area contributed by atoms with E-state index in [2.05, 4.69) is 23.8 Å². The van der Waals surface area contributed by atoms with Crippen molar-refractivity contribution in [2.24, 2.45) is 20.0 Å². The van der Waals surface area contributed by atoms with E-state index < -0.39 is 0 Å². The number of thioether (sulfide) groups is 1. The number of aromatic nitrogens is 4. The van der Waals surface area contributed by atoms with Crippen LogP contribution in [-0.4, -0.2) is 44.4 Å². The number of rotatable bonds is 6. The Balaban J connectivity index is 2.02. The fourth-order valence-electron chi connectivity index (χ4n) is 2.86. The smallest absolute Gasteiger partial charge is 0.332 e. The molecule has 2 aromatic heterocycles. The first kappa shape index (κ1) is 19.1. The molecule has 142 valence electrons. The summed E-state index contributed by atoms with van der Waals surface area (Å²) in [6.45, 7) is 5.40. The van der Waals surface area contributed by atoms with Crippen molar-refractivity contribution in [2.45, 2.75) is 38.0 Å². The van der Waals surface area contributed by atoms with Crippen LogP contribution in [-0.2, 0) is 30.0 Å². The van der Waals surface area contributed by atoms with Gasteiger partial charge in [-0.2, -0.15) is 0 Å². The monoisotopic (exact) mass is 380 g/mol. The summed E-state index contributed by atoms with van der Waals surface area (Å²) < 4.78 is 13.4. The number of aryl methyl sites for hydroxylation is 1. The van der Waals surface area contributed by atoms with Crippen LogP contribution >= 0.6 is 11.8 Å². The maximum atomic E-state index is 12.7. The Kier molecular flexibility index (Phi) is 5.79. The van der Waals surface area contributed by atoms with Gasteiger partial charge < -0.3 is 9.47 Å². The molecule has 8 nitrogen and oxygen atoms in total. The lowest BCUT2D eigenvalue weighted by molar-refractivity contribution is -0.0421. The molecule has 0 aliphatic carbocycles. The average molecular weight is 380 g/mol. The third-order valence-electron chi connectivity index (χ3n) is 4.19. The van der Waals surface area contributed by atoms with E-state index in [0.29, 0.717) is 59.6 Å². The molecule has 0 aromatic carbocycles. The van der Waals surface area contributed by atoms with E-state index in [-0.39, 0.29) is 17.5 Å². The van der Waals surface area contributed by atoms with Gasteiger partial charge >= 0.3 is 5.69 Å². The van der Waals surface area contributed by atoms with Gasteiger partial charge in [0.15, 0.2) is 11.9 Å². The third kappa shape index (κ3) is 3.84. The Labute approximate surface area is 155 Å². The number of nitrogens with zero attached hydrogens (tertiary/aromatic N) is 4. The standard InChI is InChI=1S/C17H24N4O4S/c1-10(2)9-11-18-14-13(16(22)21(4)17(23)20(14)3)15(19-11)26-8-5-12-24-6-7-25-12/h10,12H,5-9H2,1-4H3. The van der Waals surface area contributed by atoms with Gasteiger partial charge in [-0.25, -0.2) is 14.8 Å². The van der Waals surface area contributed by atoms with Gasteiger partial charge in [-0.15, -0.1) is 11.8 Å². The quantitative estimate of drug-likeness (QED) is 0.547. The van der Waals surface area contributed by atoms with Crippen LogP contribution in [0.4, 0.5) is 0 Å². The summed E-state index contributed by atoms with van der Waals surface area (Å²) in [5, 5.41) is 1.00. The minimum atomic E-state index is -0.389. The van der Waals surface area contributed by atoms with Crippen LogP contribution in [0.2, 0.25) is 0 Å². The Morgan fingerprint density at radius 3 is 2.50 bits per heavy atom. The summed E-state index contributed by atoms with van der Waals surface area (Å²) in [5.74, 6) is 1.71. The van der Waals surface area contributed by atoms with Crippen LogP contribution in [0.25, 0.3) is 11.0 Å². The minimum Gasteiger partial charge on any atom is -0.350 e. The Morgan fingerprint density at radius 1 is 1.15 bits per heavy atom. The molecule has 0 amide bonds. The van der Waals surface area contributed by atoms with E-state index in [0.717, 1.165) is 4.57 Å². The SMILES string of the molecule is CC(C)Cc1nc(SCCC2OCCO2)c2c(=O)n(C)c(=O)n(C)c2n1. The topological polar surface area (TPSA) is 88.2 Å². The molecule has 0 saturated carbocycles. The fourth-order valence-corrected chi connectivity index (χ4v) is 3.86. The molecule has 1 aliphatic rings. The number of fused-ring (bicyclic) bond motifs is 1. The first-order valence-electron chi connectivity index (χ1n) is 8.71. The normalized spacial score (nSPS) is 15.4. The molecule has 3 rings (SSSR count). The summed E-state index contributed by atoms with van der Waals surface area (Å²) in [5.41, 5.74) is -0.366. The van der Waals surface area contributed by atoms with Crippen molar-refractivity contribution in [2.75, 3.05) is 19.0 Å². The average Bonchev–Trinajstić information content (AvgIpc) is 3.10. The van der Waals surface area contributed by atoms with Crippen molar-refractivity contribution in [1.29, 1.82) is 0 Å². The summed E-state index contributed by atoms with van der Waals surface area (Å²) in [4.78, 5) is 34.1. The van der Waals surface area contributed by atoms with E-state index in [4.69, 9.17) is 9.47 Å². The van der Waals surface area contributed by atoms with Crippen LogP contribution in [0.5, 0.6) is 0 Å². The Bertz CT molecular complexity index is 916. The van der Waals surface area contributed by atoms with Crippen LogP contribution in [0.1, 0.15) is 26.1 Å². The number of ether oxygens (including phenoxy) is 2. The zero-order chi connectivity index (χ0) is 18.8. The summed E-state index contributed by atoms with van der Waals surface area (Å²) in [6, 6.07) is 0. The van der Waals surface area contributed by atoms with E-state index >= 15 is 0 Å². The minimum absolute atomic E-state index is 0.196. The number of hydrogen-bond donors (Lipinski definition) is 0. The number of hydrogen-bond acceptors (Lipinski definition) is 7. The van der Waals surface area contributed by atoms with Crippen molar-refractivity contribution < 1.29 is 9.47 Å². The molecule has 0 bridgehead atoms. The van der Waals surface area contributed by atoms with E-state index in [1.54, 1.807) is 7.05 Å². The molecule has 3 heterocycles. The van der Waals surface area contributed by atoms with Crippen LogP contribution < -0.4 is 11.2 Å². The molecule has 9 heteroatoms. The van der Waals surface area contributed by atoms with Gasteiger partial charge in [0.25, 0.3) is 5.56 Å². The van der Waals surface area contributed by atoms with E-state index in [1.807, 2.05) is 0 Å². The lowest BCUT2D eigenvalue weighted by Gasteiger charge is -2.13. The molecule has 0 N–H and O–H groups in total. The third-order valence-corrected chi connectivity index (χ3v) is 5.20. The van der Waals surface area contributed by atoms with Gasteiger partial charge in [-0.3, -0.25) is 13.9 Å². The molecule has 26 heavy (non-hydrogen) atoms. The van der Waals surface area contributed by atoms with E-state index in [9.17, 15) is 9.59 Å². The molecule has 1 aliphatic heterocycles. The molecular formula is C17H24N4O4S. The van der Waals surface area contributed by atoms with Crippen molar-refractivity contribution in [3.05, 3.63) is 26.7 Å². The van der Waals surface area contributed by atoms with Gasteiger partial charge in [-0.05, 0) is 5.92 Å². The lowest BCUT2D eigenvalue weighted by Crippen LogP contribution is -2.38. The zero-order valence-electron chi connectivity index (χ0n) is 15.5. The maximum Gasteiger partial charge on any atom is 0.332 e. The molecule has 1 fully saturated rings. The van der Waals surface area contributed by atoms with Gasteiger partial charge in [0.1, 0.15) is 16.2 Å². The summed E-state index contributed by atoms with van der Waals surface area (Å²) in [6.07, 6.45) is 1.20. The molecule has 0 atom stereocenters. The highest BCUT2D eigenvalue weighted by atomic mass is 32.2. The van der Waals surface area contributed by atoms with Gasteiger partial charge in [0.05, 0.1) is 13.2 Å². The lowest BCUT2D eigenvalue weighted by atomic mass is 10.1. The fraction of sp³-hybridized carbons (Fsp3) is 0.647. The first-order valence-corrected chi connectivity index (χ1v) is 9.69. The molecule has 0 radical (unpaired) electrons. The Morgan fingerprint density at radius 2 is 1.85 bits per heavy atom. The molecule has 1 saturated heterocycles. The van der Waals surface area contributed by atoms with Crippen molar-refractivity contribution in [3.8, 4) is 0 Å². The van der Waals surface area contributed by atoms with E-state index in [1.165, 1.54) is 23.4 Å². The maximum absolute atomic E-state index is 12.7. The molecule has 0 spiro atoms. The summed E-state index contributed by atoms with van der Waals surface area (Å²) in [7, 11) is 3.10. The van der Waals surface area contributed by atoms with Crippen LogP contribution in [0.3, 0.4) is 0 Å². The van der Waals surface area contributed by atoms with Crippen molar-refractivity contribution in [3.63, 3.8) is 0 Å². The highest BCUT2D eigenvalue weighted by Crippen LogP contribution is 2.25. The van der Waals surface area contributed by atoms with Crippen LogP contribution in [0.15, 0.2) is 14.6 Å². The second-order valence-corrected chi connectivity index (χ2v) is 7.84.